The molecule has 1 aliphatic heterocycles. The highest BCUT2D eigenvalue weighted by Crippen LogP contribution is 2.23. The summed E-state index contributed by atoms with van der Waals surface area (Å²) in [5, 5.41) is 3.77. The molecule has 2 nitrogen and oxygen atoms in total. The first-order chi connectivity index (χ1) is 8.27. The zero-order chi connectivity index (χ0) is 12.1. The lowest BCUT2D eigenvalue weighted by molar-refractivity contribution is 0.202. The molecule has 1 unspecified atom stereocenters. The molecule has 0 aromatic carbocycles. The van der Waals surface area contributed by atoms with Gasteiger partial charge < -0.3 is 5.32 Å². The van der Waals surface area contributed by atoms with Gasteiger partial charge in [-0.1, -0.05) is 33.1 Å². The predicted octanol–water partition coefficient (Wildman–Crippen LogP) is 3.03. The molecule has 17 heavy (non-hydrogen) atoms. The lowest BCUT2D eigenvalue weighted by Gasteiger charge is -2.29. The highest BCUT2D eigenvalue weighted by atomic mass is 15.2. The molecule has 1 saturated heterocycles. The lowest BCUT2D eigenvalue weighted by atomic mass is 9.95. The number of rotatable bonds is 5. The molecule has 0 aromatic rings. The van der Waals surface area contributed by atoms with Gasteiger partial charge in [-0.2, -0.15) is 0 Å². The van der Waals surface area contributed by atoms with Crippen LogP contribution in [0.2, 0.25) is 0 Å². The Morgan fingerprint density at radius 2 is 1.82 bits per heavy atom. The van der Waals surface area contributed by atoms with Crippen molar-refractivity contribution in [2.24, 2.45) is 5.92 Å². The largest absolute Gasteiger partial charge is 0.313 e. The van der Waals surface area contributed by atoms with Crippen LogP contribution in [0.3, 0.4) is 0 Å². The second kappa shape index (κ2) is 6.75. The van der Waals surface area contributed by atoms with Crippen LogP contribution in [0.5, 0.6) is 0 Å². The van der Waals surface area contributed by atoms with Crippen LogP contribution in [0.4, 0.5) is 0 Å². The second-order valence-corrected chi connectivity index (χ2v) is 6.28. The topological polar surface area (TPSA) is 15.3 Å². The molecule has 0 spiro atoms. The van der Waals surface area contributed by atoms with Crippen molar-refractivity contribution in [1.82, 2.24) is 10.2 Å². The Kier molecular flexibility index (Phi) is 5.30. The van der Waals surface area contributed by atoms with Gasteiger partial charge in [0, 0.05) is 25.2 Å². The minimum absolute atomic E-state index is 0.823. The standard InChI is InChI=1S/C15H30N2/c1-13(2)15-9-6-11-17(15)12-10-16-14-7-4-3-5-8-14/h13-16H,3-12H2,1-2H3. The van der Waals surface area contributed by atoms with E-state index in [1.165, 1.54) is 64.6 Å². The van der Waals surface area contributed by atoms with E-state index in [0.717, 1.165) is 18.0 Å². The zero-order valence-corrected chi connectivity index (χ0v) is 11.8. The first-order valence-electron chi connectivity index (χ1n) is 7.75. The molecule has 0 bridgehead atoms. The Morgan fingerprint density at radius 1 is 1.06 bits per heavy atom. The Labute approximate surface area is 107 Å². The van der Waals surface area contributed by atoms with Crippen molar-refractivity contribution in [3.05, 3.63) is 0 Å². The van der Waals surface area contributed by atoms with Gasteiger partial charge in [0.15, 0.2) is 0 Å². The summed E-state index contributed by atoms with van der Waals surface area (Å²) >= 11 is 0. The molecule has 0 amide bonds. The van der Waals surface area contributed by atoms with Crippen molar-refractivity contribution in [3.63, 3.8) is 0 Å². The van der Waals surface area contributed by atoms with E-state index < -0.39 is 0 Å². The van der Waals surface area contributed by atoms with Crippen molar-refractivity contribution in [3.8, 4) is 0 Å². The van der Waals surface area contributed by atoms with E-state index in [1.807, 2.05) is 0 Å². The van der Waals surface area contributed by atoms with Crippen LogP contribution in [0.25, 0.3) is 0 Å². The Bertz CT molecular complexity index is 209. The van der Waals surface area contributed by atoms with E-state index >= 15 is 0 Å². The summed E-state index contributed by atoms with van der Waals surface area (Å²) in [6.45, 7) is 8.54. The molecule has 0 radical (unpaired) electrons. The van der Waals surface area contributed by atoms with E-state index in [0.29, 0.717) is 0 Å². The smallest absolute Gasteiger partial charge is 0.0119 e. The fourth-order valence-corrected chi connectivity index (χ4v) is 3.60. The quantitative estimate of drug-likeness (QED) is 0.792. The second-order valence-electron chi connectivity index (χ2n) is 6.28. The molecular formula is C15H30N2. The van der Waals surface area contributed by atoms with Gasteiger partial charge in [-0.25, -0.2) is 0 Å². The summed E-state index contributed by atoms with van der Waals surface area (Å²) in [4.78, 5) is 2.71. The SMILES string of the molecule is CC(C)C1CCCN1CCNC1CCCCC1. The van der Waals surface area contributed by atoms with Crippen LogP contribution in [0.1, 0.15) is 58.8 Å². The third-order valence-electron chi connectivity index (χ3n) is 4.62. The molecule has 1 aliphatic carbocycles. The number of likely N-dealkylation sites (tertiary alicyclic amines) is 1. The maximum absolute atomic E-state index is 3.77. The summed E-state index contributed by atoms with van der Waals surface area (Å²) in [6.07, 6.45) is 9.99. The maximum Gasteiger partial charge on any atom is 0.0119 e. The molecule has 2 aliphatic rings. The Balaban J connectivity index is 1.63. The monoisotopic (exact) mass is 238 g/mol. The molecule has 2 heteroatoms. The van der Waals surface area contributed by atoms with Crippen LogP contribution >= 0.6 is 0 Å². The Hall–Kier alpha value is -0.0800. The summed E-state index contributed by atoms with van der Waals surface area (Å²) in [5.74, 6) is 0.826. The van der Waals surface area contributed by atoms with E-state index in [4.69, 9.17) is 0 Å². The lowest BCUT2D eigenvalue weighted by Crippen LogP contribution is -2.41. The third-order valence-corrected chi connectivity index (χ3v) is 4.62. The van der Waals surface area contributed by atoms with Gasteiger partial charge in [-0.05, 0) is 38.1 Å². The Morgan fingerprint density at radius 3 is 2.53 bits per heavy atom. The van der Waals surface area contributed by atoms with Crippen molar-refractivity contribution < 1.29 is 0 Å². The highest BCUT2D eigenvalue weighted by Gasteiger charge is 2.26. The molecule has 100 valence electrons. The van der Waals surface area contributed by atoms with Gasteiger partial charge >= 0.3 is 0 Å². The van der Waals surface area contributed by atoms with Crippen LogP contribution in [0.15, 0.2) is 0 Å². The molecular weight excluding hydrogens is 208 g/mol. The first kappa shape index (κ1) is 13.4. The zero-order valence-electron chi connectivity index (χ0n) is 11.8. The van der Waals surface area contributed by atoms with Crippen molar-refractivity contribution in [2.45, 2.75) is 70.9 Å². The average molecular weight is 238 g/mol. The van der Waals surface area contributed by atoms with E-state index in [-0.39, 0.29) is 0 Å². The predicted molar refractivity (Wildman–Crippen MR) is 74.3 cm³/mol. The molecule has 1 heterocycles. The number of nitrogens with zero attached hydrogens (tertiary/aromatic N) is 1. The molecule has 2 rings (SSSR count). The van der Waals surface area contributed by atoms with Gasteiger partial charge in [0.1, 0.15) is 0 Å². The van der Waals surface area contributed by atoms with Crippen molar-refractivity contribution >= 4 is 0 Å². The van der Waals surface area contributed by atoms with E-state index in [9.17, 15) is 0 Å². The van der Waals surface area contributed by atoms with Crippen molar-refractivity contribution in [1.29, 1.82) is 0 Å². The van der Waals surface area contributed by atoms with Crippen LogP contribution in [0, 0.1) is 5.92 Å². The number of hydrogen-bond donors (Lipinski definition) is 1. The summed E-state index contributed by atoms with van der Waals surface area (Å²) < 4.78 is 0. The van der Waals surface area contributed by atoms with E-state index in [1.54, 1.807) is 0 Å². The number of hydrogen-bond acceptors (Lipinski definition) is 2. The fourth-order valence-electron chi connectivity index (χ4n) is 3.60. The van der Waals surface area contributed by atoms with Gasteiger partial charge in [-0.3, -0.25) is 4.90 Å². The van der Waals surface area contributed by atoms with Gasteiger partial charge in [-0.15, -0.1) is 0 Å². The molecule has 0 aromatic heterocycles. The van der Waals surface area contributed by atoms with Gasteiger partial charge in [0.2, 0.25) is 0 Å². The van der Waals surface area contributed by atoms with Crippen LogP contribution in [-0.4, -0.2) is 36.6 Å². The normalized spacial score (nSPS) is 28.1. The highest BCUT2D eigenvalue weighted by molar-refractivity contribution is 4.82. The first-order valence-corrected chi connectivity index (χ1v) is 7.75. The fraction of sp³-hybridized carbons (Fsp3) is 1.00. The number of nitrogens with one attached hydrogen (secondary N) is 1. The minimum atomic E-state index is 0.823. The van der Waals surface area contributed by atoms with E-state index in [2.05, 4.69) is 24.1 Å². The van der Waals surface area contributed by atoms with Gasteiger partial charge in [0.25, 0.3) is 0 Å². The summed E-state index contributed by atoms with van der Waals surface area (Å²) in [6, 6.07) is 1.67. The summed E-state index contributed by atoms with van der Waals surface area (Å²) in [7, 11) is 0. The molecule has 2 fully saturated rings. The van der Waals surface area contributed by atoms with Crippen molar-refractivity contribution in [2.75, 3.05) is 19.6 Å². The third kappa shape index (κ3) is 3.96. The average Bonchev–Trinajstić information content (AvgIpc) is 2.79. The molecule has 1 saturated carbocycles. The summed E-state index contributed by atoms with van der Waals surface area (Å²) in [5.41, 5.74) is 0. The molecule has 1 N–H and O–H groups in total. The molecule has 1 atom stereocenters. The minimum Gasteiger partial charge on any atom is -0.313 e. The van der Waals surface area contributed by atoms with Gasteiger partial charge in [0.05, 0.1) is 0 Å². The van der Waals surface area contributed by atoms with Crippen LogP contribution in [-0.2, 0) is 0 Å². The van der Waals surface area contributed by atoms with Crippen LogP contribution < -0.4 is 5.32 Å². The maximum atomic E-state index is 3.77.